The van der Waals surface area contributed by atoms with Crippen LogP contribution in [0.3, 0.4) is 0 Å². The molecule has 1 rings (SSSR count). The van der Waals surface area contributed by atoms with Gasteiger partial charge in [0, 0.05) is 30.7 Å². The fraction of sp³-hybridized carbons (Fsp3) is 0.733. The van der Waals surface area contributed by atoms with Crippen molar-refractivity contribution in [2.24, 2.45) is 0 Å². The van der Waals surface area contributed by atoms with Gasteiger partial charge in [-0.05, 0) is 19.8 Å². The lowest BCUT2D eigenvalue weighted by molar-refractivity contribution is 0.251. The molecular formula is C15H28N4O. The molecule has 0 saturated carbocycles. The Morgan fingerprint density at radius 3 is 2.20 bits per heavy atom. The third-order valence-electron chi connectivity index (χ3n) is 3.53. The molecule has 0 aliphatic heterocycles. The zero-order valence-corrected chi connectivity index (χ0v) is 13.5. The highest BCUT2D eigenvalue weighted by atomic mass is 16.3. The number of hydrogen-bond donors (Lipinski definition) is 3. The van der Waals surface area contributed by atoms with Crippen molar-refractivity contribution >= 4 is 11.6 Å². The van der Waals surface area contributed by atoms with E-state index in [-0.39, 0.29) is 17.6 Å². The molecule has 1 aromatic heterocycles. The van der Waals surface area contributed by atoms with Crippen LogP contribution in [0.4, 0.5) is 11.6 Å². The highest BCUT2D eigenvalue weighted by Gasteiger charge is 2.24. The van der Waals surface area contributed by atoms with Crippen LogP contribution >= 0.6 is 0 Å². The van der Waals surface area contributed by atoms with Crippen molar-refractivity contribution in [3.8, 4) is 0 Å². The second kappa shape index (κ2) is 6.39. The van der Waals surface area contributed by atoms with Crippen molar-refractivity contribution in [2.75, 3.05) is 24.3 Å². The van der Waals surface area contributed by atoms with E-state index in [1.165, 1.54) is 0 Å². The summed E-state index contributed by atoms with van der Waals surface area (Å²) in [5.41, 5.74) is -0.272. The van der Waals surface area contributed by atoms with Gasteiger partial charge in [0.15, 0.2) is 0 Å². The second-order valence-corrected chi connectivity index (χ2v) is 6.47. The molecule has 3 N–H and O–H groups in total. The van der Waals surface area contributed by atoms with Gasteiger partial charge in [0.1, 0.15) is 17.5 Å². The standard InChI is InChI=1S/C15H28N4O/c1-7-15(5,8-9-20)19-12-10-11(16-6)17-13(18-12)14(2,3)4/h10,20H,7-9H2,1-6H3,(H2,16,17,18,19). The maximum Gasteiger partial charge on any atom is 0.138 e. The van der Waals surface area contributed by atoms with Crippen molar-refractivity contribution in [2.45, 2.75) is 58.4 Å². The lowest BCUT2D eigenvalue weighted by atomic mass is 9.94. The van der Waals surface area contributed by atoms with Crippen molar-refractivity contribution in [3.05, 3.63) is 11.9 Å². The van der Waals surface area contributed by atoms with E-state index >= 15 is 0 Å². The smallest absolute Gasteiger partial charge is 0.138 e. The molecule has 1 aromatic rings. The number of anilines is 2. The van der Waals surface area contributed by atoms with Gasteiger partial charge in [0.2, 0.25) is 0 Å². The first-order valence-corrected chi connectivity index (χ1v) is 7.20. The molecule has 1 heterocycles. The predicted octanol–water partition coefficient (Wildman–Crippen LogP) is 2.78. The van der Waals surface area contributed by atoms with E-state index in [1.54, 1.807) is 0 Å². The Labute approximate surface area is 122 Å². The molecule has 0 aliphatic rings. The number of nitrogens with zero attached hydrogens (tertiary/aromatic N) is 2. The van der Waals surface area contributed by atoms with Crippen LogP contribution in [0.1, 0.15) is 53.3 Å². The Bertz CT molecular complexity index is 442. The maximum absolute atomic E-state index is 9.21. The van der Waals surface area contributed by atoms with Gasteiger partial charge in [-0.3, -0.25) is 0 Å². The summed E-state index contributed by atoms with van der Waals surface area (Å²) in [6.45, 7) is 10.6. The lowest BCUT2D eigenvalue weighted by Gasteiger charge is -2.30. The van der Waals surface area contributed by atoms with Gasteiger partial charge in [-0.1, -0.05) is 27.7 Å². The topological polar surface area (TPSA) is 70.1 Å². The zero-order valence-electron chi connectivity index (χ0n) is 13.5. The molecule has 5 nitrogen and oxygen atoms in total. The van der Waals surface area contributed by atoms with Crippen LogP contribution in [-0.4, -0.2) is 34.3 Å². The number of hydrogen-bond acceptors (Lipinski definition) is 5. The first-order chi connectivity index (χ1) is 9.24. The lowest BCUT2D eigenvalue weighted by Crippen LogP contribution is -2.35. The van der Waals surface area contributed by atoms with Crippen molar-refractivity contribution in [3.63, 3.8) is 0 Å². The molecule has 1 atom stereocenters. The second-order valence-electron chi connectivity index (χ2n) is 6.47. The van der Waals surface area contributed by atoms with Gasteiger partial charge in [0.25, 0.3) is 0 Å². The van der Waals surface area contributed by atoms with E-state index in [0.29, 0.717) is 6.42 Å². The van der Waals surface area contributed by atoms with Crippen LogP contribution in [-0.2, 0) is 5.41 Å². The Hall–Kier alpha value is -1.36. The van der Waals surface area contributed by atoms with E-state index < -0.39 is 0 Å². The highest BCUT2D eigenvalue weighted by Crippen LogP contribution is 2.25. The van der Waals surface area contributed by atoms with Gasteiger partial charge in [0.05, 0.1) is 0 Å². The summed E-state index contributed by atoms with van der Waals surface area (Å²) in [5, 5.41) is 15.7. The Morgan fingerprint density at radius 2 is 1.75 bits per heavy atom. The van der Waals surface area contributed by atoms with Crippen molar-refractivity contribution in [1.82, 2.24) is 9.97 Å². The molecule has 0 bridgehead atoms. The average molecular weight is 280 g/mol. The summed E-state index contributed by atoms with van der Waals surface area (Å²) in [5.74, 6) is 2.40. The van der Waals surface area contributed by atoms with Crippen LogP contribution < -0.4 is 10.6 Å². The molecule has 1 unspecified atom stereocenters. The summed E-state index contributed by atoms with van der Waals surface area (Å²) in [6.07, 6.45) is 1.60. The van der Waals surface area contributed by atoms with E-state index in [4.69, 9.17) is 0 Å². The van der Waals surface area contributed by atoms with Crippen LogP contribution in [0.2, 0.25) is 0 Å². The van der Waals surface area contributed by atoms with E-state index in [1.807, 2.05) is 13.1 Å². The fourth-order valence-corrected chi connectivity index (χ4v) is 1.86. The zero-order chi connectivity index (χ0) is 15.4. The number of nitrogens with one attached hydrogen (secondary N) is 2. The van der Waals surface area contributed by atoms with Crippen molar-refractivity contribution < 1.29 is 5.11 Å². The van der Waals surface area contributed by atoms with Gasteiger partial charge in [-0.2, -0.15) is 0 Å². The number of rotatable bonds is 6. The van der Waals surface area contributed by atoms with E-state index in [0.717, 1.165) is 23.9 Å². The monoisotopic (exact) mass is 280 g/mol. The third kappa shape index (κ3) is 4.34. The minimum absolute atomic E-state index is 0.108. The first kappa shape index (κ1) is 16.7. The normalized spacial score (nSPS) is 14.8. The molecule has 0 radical (unpaired) electrons. The Kier molecular flexibility index (Phi) is 5.34. The maximum atomic E-state index is 9.21. The summed E-state index contributed by atoms with van der Waals surface area (Å²) < 4.78 is 0. The molecule has 0 aromatic carbocycles. The molecule has 0 spiro atoms. The number of aromatic nitrogens is 2. The summed E-state index contributed by atoms with van der Waals surface area (Å²) >= 11 is 0. The number of aliphatic hydroxyl groups excluding tert-OH is 1. The van der Waals surface area contributed by atoms with Gasteiger partial charge in [-0.15, -0.1) is 0 Å². The minimum atomic E-state index is -0.163. The van der Waals surface area contributed by atoms with Crippen LogP contribution in [0.15, 0.2) is 6.07 Å². The highest BCUT2D eigenvalue weighted by molar-refractivity contribution is 5.49. The molecule has 0 saturated heterocycles. The van der Waals surface area contributed by atoms with Crippen LogP contribution in [0.25, 0.3) is 0 Å². The summed E-state index contributed by atoms with van der Waals surface area (Å²) in [7, 11) is 1.85. The largest absolute Gasteiger partial charge is 0.396 e. The summed E-state index contributed by atoms with van der Waals surface area (Å²) in [4.78, 5) is 9.14. The van der Waals surface area contributed by atoms with Crippen LogP contribution in [0.5, 0.6) is 0 Å². The first-order valence-electron chi connectivity index (χ1n) is 7.20. The summed E-state index contributed by atoms with van der Waals surface area (Å²) in [6, 6.07) is 1.90. The minimum Gasteiger partial charge on any atom is -0.396 e. The van der Waals surface area contributed by atoms with E-state index in [2.05, 4.69) is 55.2 Å². The molecule has 20 heavy (non-hydrogen) atoms. The van der Waals surface area contributed by atoms with Gasteiger partial charge in [-0.25, -0.2) is 9.97 Å². The molecule has 0 aliphatic carbocycles. The molecule has 0 fully saturated rings. The molecule has 114 valence electrons. The van der Waals surface area contributed by atoms with Gasteiger partial charge < -0.3 is 15.7 Å². The molecular weight excluding hydrogens is 252 g/mol. The molecule has 5 heteroatoms. The third-order valence-corrected chi connectivity index (χ3v) is 3.53. The Balaban J connectivity index is 3.11. The number of aliphatic hydroxyl groups is 1. The fourth-order valence-electron chi connectivity index (χ4n) is 1.86. The quantitative estimate of drug-likeness (QED) is 0.747. The van der Waals surface area contributed by atoms with Crippen LogP contribution in [0, 0.1) is 0 Å². The Morgan fingerprint density at radius 1 is 1.15 bits per heavy atom. The predicted molar refractivity (Wildman–Crippen MR) is 84.3 cm³/mol. The van der Waals surface area contributed by atoms with E-state index in [9.17, 15) is 5.11 Å². The average Bonchev–Trinajstić information content (AvgIpc) is 2.37. The van der Waals surface area contributed by atoms with Crippen molar-refractivity contribution in [1.29, 1.82) is 0 Å². The SMILES string of the molecule is CCC(C)(CCO)Nc1cc(NC)nc(C(C)(C)C)n1. The molecule has 0 amide bonds. The van der Waals surface area contributed by atoms with Gasteiger partial charge >= 0.3 is 0 Å².